The van der Waals surface area contributed by atoms with E-state index in [9.17, 15) is 0 Å². The maximum absolute atomic E-state index is 5.80. The van der Waals surface area contributed by atoms with Crippen LogP contribution in [0.15, 0.2) is 53.3 Å². The molecule has 1 unspecified atom stereocenters. The van der Waals surface area contributed by atoms with Crippen LogP contribution < -0.4 is 10.1 Å². The fourth-order valence-electron chi connectivity index (χ4n) is 2.20. The molecule has 1 atom stereocenters. The van der Waals surface area contributed by atoms with Gasteiger partial charge >= 0.3 is 0 Å². The summed E-state index contributed by atoms with van der Waals surface area (Å²) >= 11 is 0. The molecule has 0 spiro atoms. The van der Waals surface area contributed by atoms with Crippen molar-refractivity contribution in [3.05, 3.63) is 60.2 Å². The molecule has 0 aliphatic rings. The highest BCUT2D eigenvalue weighted by atomic mass is 16.5. The number of nitrogens with one attached hydrogen (secondary N) is 1. The SMILES string of the molecule is CNC(C)Cc1noc(-c2cccc(OCc3cccnc3)c2)n1. The predicted octanol–water partition coefficient (Wildman–Crippen LogP) is 2.86. The number of rotatable bonds is 7. The third-order valence-corrected chi connectivity index (χ3v) is 3.66. The van der Waals surface area contributed by atoms with Crippen LogP contribution in [0.1, 0.15) is 18.3 Å². The molecule has 0 amide bonds. The van der Waals surface area contributed by atoms with Gasteiger partial charge in [0.2, 0.25) is 0 Å². The summed E-state index contributed by atoms with van der Waals surface area (Å²) in [6, 6.07) is 11.8. The summed E-state index contributed by atoms with van der Waals surface area (Å²) in [6.45, 7) is 2.54. The van der Waals surface area contributed by atoms with E-state index in [4.69, 9.17) is 9.26 Å². The molecule has 0 aliphatic heterocycles. The Balaban J connectivity index is 1.69. The van der Waals surface area contributed by atoms with Crippen molar-refractivity contribution in [2.75, 3.05) is 7.05 Å². The lowest BCUT2D eigenvalue weighted by Gasteiger charge is -2.06. The van der Waals surface area contributed by atoms with Crippen LogP contribution in [0.2, 0.25) is 0 Å². The van der Waals surface area contributed by atoms with Gasteiger partial charge < -0.3 is 14.6 Å². The molecule has 3 aromatic rings. The quantitative estimate of drug-likeness (QED) is 0.720. The second-order valence-corrected chi connectivity index (χ2v) is 5.59. The first-order valence-corrected chi connectivity index (χ1v) is 7.86. The average Bonchev–Trinajstić information content (AvgIpc) is 3.09. The Morgan fingerprint density at radius 1 is 1.25 bits per heavy atom. The second kappa shape index (κ2) is 7.70. The van der Waals surface area contributed by atoms with E-state index in [2.05, 4.69) is 27.4 Å². The first kappa shape index (κ1) is 16.1. The average molecular weight is 324 g/mol. The lowest BCUT2D eigenvalue weighted by molar-refractivity contribution is 0.305. The van der Waals surface area contributed by atoms with Crippen LogP contribution in [0.5, 0.6) is 5.75 Å². The summed E-state index contributed by atoms with van der Waals surface area (Å²) < 4.78 is 11.2. The zero-order valence-corrected chi connectivity index (χ0v) is 13.8. The normalized spacial score (nSPS) is 12.1. The molecule has 0 fully saturated rings. The third kappa shape index (κ3) is 4.17. The molecule has 2 heterocycles. The minimum atomic E-state index is 0.296. The monoisotopic (exact) mass is 324 g/mol. The van der Waals surface area contributed by atoms with Gasteiger partial charge in [-0.1, -0.05) is 17.3 Å². The number of aromatic nitrogens is 3. The third-order valence-electron chi connectivity index (χ3n) is 3.66. The smallest absolute Gasteiger partial charge is 0.258 e. The van der Waals surface area contributed by atoms with E-state index in [1.54, 1.807) is 12.4 Å². The van der Waals surface area contributed by atoms with Gasteiger partial charge in [-0.05, 0) is 38.2 Å². The van der Waals surface area contributed by atoms with Gasteiger partial charge in [0.05, 0.1) is 0 Å². The largest absolute Gasteiger partial charge is 0.489 e. The van der Waals surface area contributed by atoms with Gasteiger partial charge in [0.1, 0.15) is 12.4 Å². The molecular weight excluding hydrogens is 304 g/mol. The minimum absolute atomic E-state index is 0.296. The molecule has 0 saturated carbocycles. The van der Waals surface area contributed by atoms with Crippen LogP contribution in [0.25, 0.3) is 11.5 Å². The Hall–Kier alpha value is -2.73. The first-order chi connectivity index (χ1) is 11.7. The van der Waals surface area contributed by atoms with E-state index in [0.29, 0.717) is 24.4 Å². The molecule has 2 aromatic heterocycles. The summed E-state index contributed by atoms with van der Waals surface area (Å²) in [6.07, 6.45) is 4.25. The maximum Gasteiger partial charge on any atom is 0.258 e. The van der Waals surface area contributed by atoms with E-state index in [1.165, 1.54) is 0 Å². The van der Waals surface area contributed by atoms with Crippen molar-refractivity contribution >= 4 is 0 Å². The fraction of sp³-hybridized carbons (Fsp3) is 0.278. The lowest BCUT2D eigenvalue weighted by atomic mass is 10.2. The van der Waals surface area contributed by atoms with E-state index < -0.39 is 0 Å². The number of hydrogen-bond donors (Lipinski definition) is 1. The van der Waals surface area contributed by atoms with Crippen LogP contribution in [-0.2, 0) is 13.0 Å². The summed E-state index contributed by atoms with van der Waals surface area (Å²) in [5.74, 6) is 1.94. The molecule has 6 nitrogen and oxygen atoms in total. The van der Waals surface area contributed by atoms with Crippen LogP contribution in [0, 0.1) is 0 Å². The highest BCUT2D eigenvalue weighted by Crippen LogP contribution is 2.23. The first-order valence-electron chi connectivity index (χ1n) is 7.86. The van der Waals surface area contributed by atoms with Crippen LogP contribution in [0.4, 0.5) is 0 Å². The van der Waals surface area contributed by atoms with Crippen molar-refractivity contribution in [1.29, 1.82) is 0 Å². The summed E-state index contributed by atoms with van der Waals surface area (Å²) in [5, 5.41) is 7.19. The Kier molecular flexibility index (Phi) is 5.18. The van der Waals surface area contributed by atoms with Crippen molar-refractivity contribution in [1.82, 2.24) is 20.4 Å². The van der Waals surface area contributed by atoms with E-state index >= 15 is 0 Å². The van der Waals surface area contributed by atoms with Gasteiger partial charge in [0.25, 0.3) is 5.89 Å². The van der Waals surface area contributed by atoms with Crippen molar-refractivity contribution in [3.63, 3.8) is 0 Å². The molecule has 0 bridgehead atoms. The predicted molar refractivity (Wildman–Crippen MR) is 90.5 cm³/mol. The molecule has 3 rings (SSSR count). The number of ether oxygens (including phenoxy) is 1. The van der Waals surface area contributed by atoms with Crippen molar-refractivity contribution in [2.24, 2.45) is 0 Å². The fourth-order valence-corrected chi connectivity index (χ4v) is 2.20. The summed E-state index contributed by atoms with van der Waals surface area (Å²) in [5.41, 5.74) is 1.86. The summed E-state index contributed by atoms with van der Waals surface area (Å²) in [7, 11) is 1.91. The van der Waals surface area contributed by atoms with Crippen molar-refractivity contribution < 1.29 is 9.26 Å². The standard InChI is InChI=1S/C18H20N4O2/c1-13(19-2)9-17-21-18(24-22-17)15-6-3-7-16(10-15)23-12-14-5-4-8-20-11-14/h3-8,10-11,13,19H,9,12H2,1-2H3. The van der Waals surface area contributed by atoms with Gasteiger partial charge in [-0.2, -0.15) is 4.98 Å². The molecule has 6 heteroatoms. The topological polar surface area (TPSA) is 73.1 Å². The molecular formula is C18H20N4O2. The van der Waals surface area contributed by atoms with E-state index in [-0.39, 0.29) is 0 Å². The summed E-state index contributed by atoms with van der Waals surface area (Å²) in [4.78, 5) is 8.52. The number of benzene rings is 1. The van der Waals surface area contributed by atoms with Gasteiger partial charge in [-0.25, -0.2) is 0 Å². The molecule has 0 aliphatic carbocycles. The molecule has 0 radical (unpaired) electrons. The van der Waals surface area contributed by atoms with Crippen molar-refractivity contribution in [2.45, 2.75) is 26.0 Å². The highest BCUT2D eigenvalue weighted by molar-refractivity contribution is 5.55. The molecule has 1 N–H and O–H groups in total. The van der Waals surface area contributed by atoms with Crippen LogP contribution >= 0.6 is 0 Å². The molecule has 0 saturated heterocycles. The van der Waals surface area contributed by atoms with Gasteiger partial charge in [-0.15, -0.1) is 0 Å². The zero-order chi connectivity index (χ0) is 16.8. The number of nitrogens with zero attached hydrogens (tertiary/aromatic N) is 3. The number of pyridine rings is 1. The lowest BCUT2D eigenvalue weighted by Crippen LogP contribution is -2.24. The van der Waals surface area contributed by atoms with Gasteiger partial charge in [0, 0.05) is 36.0 Å². The van der Waals surface area contributed by atoms with Gasteiger partial charge in [-0.3, -0.25) is 4.98 Å². The van der Waals surface area contributed by atoms with Crippen LogP contribution in [-0.4, -0.2) is 28.2 Å². The highest BCUT2D eigenvalue weighted by Gasteiger charge is 2.11. The van der Waals surface area contributed by atoms with Crippen molar-refractivity contribution in [3.8, 4) is 17.2 Å². The zero-order valence-electron chi connectivity index (χ0n) is 13.8. The van der Waals surface area contributed by atoms with E-state index in [1.807, 2.05) is 43.4 Å². The minimum Gasteiger partial charge on any atom is -0.489 e. The van der Waals surface area contributed by atoms with Gasteiger partial charge in [0.15, 0.2) is 5.82 Å². The Bertz CT molecular complexity index is 773. The Morgan fingerprint density at radius 2 is 2.17 bits per heavy atom. The Labute approximate surface area is 140 Å². The molecule has 124 valence electrons. The van der Waals surface area contributed by atoms with E-state index in [0.717, 1.165) is 23.3 Å². The molecule has 24 heavy (non-hydrogen) atoms. The number of hydrogen-bond acceptors (Lipinski definition) is 6. The maximum atomic E-state index is 5.80. The molecule has 1 aromatic carbocycles. The number of likely N-dealkylation sites (N-methyl/N-ethyl adjacent to an activating group) is 1. The van der Waals surface area contributed by atoms with Crippen LogP contribution in [0.3, 0.4) is 0 Å². The Morgan fingerprint density at radius 3 is 2.96 bits per heavy atom. The second-order valence-electron chi connectivity index (χ2n) is 5.59.